The van der Waals surface area contributed by atoms with E-state index >= 15 is 0 Å². The molecule has 0 saturated carbocycles. The van der Waals surface area contributed by atoms with E-state index in [0.717, 1.165) is 17.2 Å². The van der Waals surface area contributed by atoms with Crippen LogP contribution in [0.25, 0.3) is 22.3 Å². The first-order chi connectivity index (χ1) is 11.0. The Bertz CT molecular complexity index is 851. The molecule has 2 aromatic carbocycles. The summed E-state index contributed by atoms with van der Waals surface area (Å²) in [5.41, 5.74) is 4.66. The molecule has 0 amide bonds. The van der Waals surface area contributed by atoms with Crippen molar-refractivity contribution in [2.75, 3.05) is 0 Å². The molecule has 0 unspecified atom stereocenters. The zero-order chi connectivity index (χ0) is 16.6. The molecule has 0 radical (unpaired) electrons. The number of hydrogen-bond donors (Lipinski definition) is 0. The zero-order valence-corrected chi connectivity index (χ0v) is 13.2. The summed E-state index contributed by atoms with van der Waals surface area (Å²) < 4.78 is 28.0. The molecule has 0 spiro atoms. The van der Waals surface area contributed by atoms with Gasteiger partial charge in [-0.05, 0) is 38.0 Å². The van der Waals surface area contributed by atoms with Crippen molar-refractivity contribution in [2.24, 2.45) is 0 Å². The highest BCUT2D eigenvalue weighted by atomic mass is 19.1. The molecule has 0 fully saturated rings. The van der Waals surface area contributed by atoms with Crippen LogP contribution >= 0.6 is 0 Å². The smallest absolute Gasteiger partial charge is 0.134 e. The number of rotatable bonds is 2. The lowest BCUT2D eigenvalue weighted by Crippen LogP contribution is -2.02. The van der Waals surface area contributed by atoms with Crippen LogP contribution in [0.1, 0.15) is 17.0 Å². The molecular formula is C19H16F2N2. The molecule has 0 aliphatic heterocycles. The van der Waals surface area contributed by atoms with E-state index in [1.807, 2.05) is 37.3 Å². The first-order valence-electron chi connectivity index (χ1n) is 7.34. The summed E-state index contributed by atoms with van der Waals surface area (Å²) in [6, 6.07) is 11.9. The molecule has 3 aromatic rings. The largest absolute Gasteiger partial charge is 0.207 e. The quantitative estimate of drug-likeness (QED) is 0.664. The van der Waals surface area contributed by atoms with Gasteiger partial charge >= 0.3 is 0 Å². The van der Waals surface area contributed by atoms with Crippen molar-refractivity contribution in [2.45, 2.75) is 20.8 Å². The van der Waals surface area contributed by atoms with Crippen molar-refractivity contribution < 1.29 is 8.78 Å². The summed E-state index contributed by atoms with van der Waals surface area (Å²) in [4.78, 5) is 0. The van der Waals surface area contributed by atoms with Gasteiger partial charge in [0, 0.05) is 22.8 Å². The third-order valence-electron chi connectivity index (χ3n) is 3.89. The molecule has 3 rings (SSSR count). The van der Waals surface area contributed by atoms with Crippen LogP contribution in [-0.4, -0.2) is 10.2 Å². The first-order valence-corrected chi connectivity index (χ1v) is 7.34. The van der Waals surface area contributed by atoms with Gasteiger partial charge < -0.3 is 0 Å². The Balaban J connectivity index is 2.40. The van der Waals surface area contributed by atoms with Crippen molar-refractivity contribution in [3.05, 3.63) is 71.1 Å². The highest BCUT2D eigenvalue weighted by molar-refractivity contribution is 5.87. The highest BCUT2D eigenvalue weighted by Gasteiger charge is 2.20. The fourth-order valence-corrected chi connectivity index (χ4v) is 2.89. The molecular weight excluding hydrogens is 294 g/mol. The van der Waals surface area contributed by atoms with Gasteiger partial charge in [-0.15, -0.1) is 0 Å². The molecule has 23 heavy (non-hydrogen) atoms. The fraction of sp³-hybridized carbons (Fsp3) is 0.158. The van der Waals surface area contributed by atoms with Gasteiger partial charge in [0.05, 0.1) is 11.4 Å². The second kappa shape index (κ2) is 5.88. The average Bonchev–Trinajstić information content (AvgIpc) is 2.50. The summed E-state index contributed by atoms with van der Waals surface area (Å²) in [5, 5.41) is 8.31. The summed E-state index contributed by atoms with van der Waals surface area (Å²) in [6.45, 7) is 5.33. The number of hydrogen-bond acceptors (Lipinski definition) is 2. The molecule has 116 valence electrons. The molecule has 1 aromatic heterocycles. The molecule has 4 heteroatoms. The van der Waals surface area contributed by atoms with Crippen molar-refractivity contribution >= 4 is 0 Å². The Morgan fingerprint density at radius 3 is 1.96 bits per heavy atom. The van der Waals surface area contributed by atoms with Crippen LogP contribution in [-0.2, 0) is 0 Å². The van der Waals surface area contributed by atoms with E-state index < -0.39 is 11.6 Å². The van der Waals surface area contributed by atoms with E-state index in [4.69, 9.17) is 0 Å². The number of halogens is 2. The molecule has 0 saturated heterocycles. The van der Waals surface area contributed by atoms with E-state index in [-0.39, 0.29) is 0 Å². The minimum Gasteiger partial charge on any atom is -0.207 e. The lowest BCUT2D eigenvalue weighted by Gasteiger charge is -2.17. The van der Waals surface area contributed by atoms with Crippen LogP contribution in [0.2, 0.25) is 0 Å². The summed E-state index contributed by atoms with van der Waals surface area (Å²) in [6.07, 6.45) is 0. The Labute approximate surface area is 133 Å². The van der Waals surface area contributed by atoms with Crippen LogP contribution in [0.15, 0.2) is 42.5 Å². The maximum absolute atomic E-state index is 14.5. The van der Waals surface area contributed by atoms with Crippen molar-refractivity contribution in [1.29, 1.82) is 0 Å². The predicted molar refractivity (Wildman–Crippen MR) is 87.0 cm³/mol. The van der Waals surface area contributed by atoms with Gasteiger partial charge in [0.25, 0.3) is 0 Å². The molecule has 2 nitrogen and oxygen atoms in total. The van der Waals surface area contributed by atoms with Crippen molar-refractivity contribution in [3.8, 4) is 22.3 Å². The van der Waals surface area contributed by atoms with E-state index in [2.05, 4.69) is 10.2 Å². The van der Waals surface area contributed by atoms with Crippen LogP contribution in [0, 0.1) is 32.4 Å². The monoisotopic (exact) mass is 310 g/mol. The maximum atomic E-state index is 14.5. The minimum atomic E-state index is -0.588. The zero-order valence-electron chi connectivity index (χ0n) is 13.2. The second-order valence-corrected chi connectivity index (χ2v) is 5.57. The van der Waals surface area contributed by atoms with Gasteiger partial charge in [0.2, 0.25) is 0 Å². The summed E-state index contributed by atoms with van der Waals surface area (Å²) in [5.74, 6) is -1.17. The standard InChI is InChI=1S/C19H16F2N2/c1-11-9-15(20)10-16(21)17(11)19-13(3)23-22-12(2)18(19)14-7-5-4-6-8-14/h4-10H,1-3H3. The van der Waals surface area contributed by atoms with E-state index in [9.17, 15) is 8.78 Å². The topological polar surface area (TPSA) is 25.8 Å². The van der Waals surface area contributed by atoms with Crippen LogP contribution in [0.5, 0.6) is 0 Å². The van der Waals surface area contributed by atoms with E-state index in [1.165, 1.54) is 6.07 Å². The van der Waals surface area contributed by atoms with Crippen LogP contribution in [0.4, 0.5) is 8.78 Å². The normalized spacial score (nSPS) is 10.8. The molecule has 0 atom stereocenters. The molecule has 0 N–H and O–H groups in total. The highest BCUT2D eigenvalue weighted by Crippen LogP contribution is 2.38. The summed E-state index contributed by atoms with van der Waals surface area (Å²) >= 11 is 0. The second-order valence-electron chi connectivity index (χ2n) is 5.57. The lowest BCUT2D eigenvalue weighted by atomic mass is 9.90. The number of nitrogens with zero attached hydrogens (tertiary/aromatic N) is 2. The van der Waals surface area contributed by atoms with Crippen LogP contribution in [0.3, 0.4) is 0 Å². The number of benzene rings is 2. The van der Waals surface area contributed by atoms with Crippen LogP contribution < -0.4 is 0 Å². The van der Waals surface area contributed by atoms with Crippen molar-refractivity contribution in [1.82, 2.24) is 10.2 Å². The van der Waals surface area contributed by atoms with Gasteiger partial charge in [-0.2, -0.15) is 10.2 Å². The molecule has 1 heterocycles. The molecule has 0 bridgehead atoms. The van der Waals surface area contributed by atoms with Gasteiger partial charge in [-0.1, -0.05) is 30.3 Å². The van der Waals surface area contributed by atoms with Crippen molar-refractivity contribution in [3.63, 3.8) is 0 Å². The number of aryl methyl sites for hydroxylation is 3. The van der Waals surface area contributed by atoms with Gasteiger partial charge in [-0.3, -0.25) is 0 Å². The lowest BCUT2D eigenvalue weighted by molar-refractivity contribution is 0.583. The first kappa shape index (κ1) is 15.3. The Kier molecular flexibility index (Phi) is 3.90. The predicted octanol–water partition coefficient (Wildman–Crippen LogP) is 5.01. The number of aromatic nitrogens is 2. The maximum Gasteiger partial charge on any atom is 0.134 e. The Morgan fingerprint density at radius 1 is 0.739 bits per heavy atom. The average molecular weight is 310 g/mol. The minimum absolute atomic E-state index is 0.376. The Morgan fingerprint density at radius 2 is 1.35 bits per heavy atom. The third kappa shape index (κ3) is 2.72. The van der Waals surface area contributed by atoms with Gasteiger partial charge in [0.15, 0.2) is 0 Å². The van der Waals surface area contributed by atoms with E-state index in [0.29, 0.717) is 28.1 Å². The summed E-state index contributed by atoms with van der Waals surface area (Å²) in [7, 11) is 0. The Hall–Kier alpha value is -2.62. The van der Waals surface area contributed by atoms with Gasteiger partial charge in [0.1, 0.15) is 11.6 Å². The molecule has 0 aliphatic carbocycles. The van der Waals surface area contributed by atoms with Gasteiger partial charge in [-0.25, -0.2) is 8.78 Å². The third-order valence-corrected chi connectivity index (χ3v) is 3.89. The fourth-order valence-electron chi connectivity index (χ4n) is 2.89. The SMILES string of the molecule is Cc1cc(F)cc(F)c1-c1c(C)nnc(C)c1-c1ccccc1. The molecule has 0 aliphatic rings. The van der Waals surface area contributed by atoms with E-state index in [1.54, 1.807) is 13.8 Å².